The molecule has 2 fully saturated rings. The molecule has 2 saturated carbocycles. The molecule has 0 radical (unpaired) electrons. The number of esters is 1. The third-order valence-corrected chi connectivity index (χ3v) is 3.83. The second-order valence-electron chi connectivity index (χ2n) is 4.82. The Morgan fingerprint density at radius 1 is 1.06 bits per heavy atom. The molecule has 2 rings (SSSR count). The van der Waals surface area contributed by atoms with Crippen molar-refractivity contribution < 1.29 is 9.53 Å². The van der Waals surface area contributed by atoms with Crippen LogP contribution in [0.5, 0.6) is 0 Å². The highest BCUT2D eigenvalue weighted by molar-refractivity contribution is 5.80. The van der Waals surface area contributed by atoms with E-state index in [1.165, 1.54) is 32.8 Å². The van der Waals surface area contributed by atoms with Gasteiger partial charge >= 0.3 is 5.97 Å². The van der Waals surface area contributed by atoms with Gasteiger partial charge in [0.05, 0.1) is 7.11 Å². The summed E-state index contributed by atoms with van der Waals surface area (Å²) >= 11 is 0. The average molecular weight is 224 g/mol. The number of methoxy groups -OCH3 is 1. The van der Waals surface area contributed by atoms with E-state index >= 15 is 0 Å². The molecule has 2 nitrogen and oxygen atoms in total. The van der Waals surface area contributed by atoms with Gasteiger partial charge in [0.15, 0.2) is 0 Å². The minimum Gasteiger partial charge on any atom is -0.466 e. The number of carbonyl (C=O) groups is 1. The predicted molar refractivity (Wildman–Crippen MR) is 66.1 cm³/mol. The fraction of sp³-hybridized carbons (Fsp3) is 0.786. The number of hydrogen-bond acceptors (Lipinski definition) is 2. The van der Waals surface area contributed by atoms with E-state index < -0.39 is 5.97 Å². The van der Waals surface area contributed by atoms with Gasteiger partial charge in [-0.15, -0.1) is 0 Å². The van der Waals surface area contributed by atoms with E-state index in [4.69, 9.17) is 0 Å². The minimum absolute atomic E-state index is 0.394. The maximum absolute atomic E-state index is 9.84. The van der Waals surface area contributed by atoms with Gasteiger partial charge in [0, 0.05) is 6.08 Å². The van der Waals surface area contributed by atoms with Gasteiger partial charge in [-0.3, -0.25) is 0 Å². The largest absolute Gasteiger partial charge is 0.466 e. The van der Waals surface area contributed by atoms with Gasteiger partial charge in [0.2, 0.25) is 0 Å². The molecule has 0 aromatic heterocycles. The Morgan fingerprint density at radius 3 is 1.62 bits per heavy atom. The van der Waals surface area contributed by atoms with Crippen LogP contribution < -0.4 is 0 Å². The van der Waals surface area contributed by atoms with Crippen LogP contribution in [-0.4, -0.2) is 13.1 Å². The molecular weight excluding hydrogens is 200 g/mol. The van der Waals surface area contributed by atoms with Crippen molar-refractivity contribution in [3.8, 4) is 0 Å². The first-order valence-corrected chi connectivity index (χ1v) is 6.48. The normalized spacial score (nSPS) is 21.3. The lowest BCUT2D eigenvalue weighted by Crippen LogP contribution is -2.06. The van der Waals surface area contributed by atoms with Crippen molar-refractivity contribution >= 4 is 5.97 Å². The van der Waals surface area contributed by atoms with Crippen molar-refractivity contribution in [2.24, 2.45) is 11.8 Å². The van der Waals surface area contributed by atoms with Crippen LogP contribution in [0.1, 0.15) is 51.4 Å². The molecule has 0 atom stereocenters. The summed E-state index contributed by atoms with van der Waals surface area (Å²) in [4.78, 5) is 9.84. The van der Waals surface area contributed by atoms with E-state index in [0.29, 0.717) is 0 Å². The lowest BCUT2D eigenvalue weighted by molar-refractivity contribution is -0.134. The highest BCUT2D eigenvalue weighted by Gasteiger charge is 2.26. The summed E-state index contributed by atoms with van der Waals surface area (Å²) in [5, 5.41) is 0. The Labute approximate surface area is 99.1 Å². The fourth-order valence-electron chi connectivity index (χ4n) is 2.94. The van der Waals surface area contributed by atoms with E-state index in [-0.39, 0.29) is 0 Å². The number of rotatable bonds is 2. The molecule has 0 aliphatic heterocycles. The van der Waals surface area contributed by atoms with E-state index in [2.05, 4.69) is 11.3 Å². The van der Waals surface area contributed by atoms with Crippen LogP contribution in [0.15, 0.2) is 12.7 Å². The van der Waals surface area contributed by atoms with Crippen molar-refractivity contribution in [3.63, 3.8) is 0 Å². The molecule has 2 aliphatic carbocycles. The molecule has 0 saturated heterocycles. The van der Waals surface area contributed by atoms with Gasteiger partial charge in [0.1, 0.15) is 0 Å². The first-order valence-electron chi connectivity index (χ1n) is 6.48. The van der Waals surface area contributed by atoms with E-state index in [1.54, 1.807) is 25.7 Å². The SMILES string of the molecule is C1CCC(C2CCCC2)C1.C=CC(=O)OC. The zero-order valence-corrected chi connectivity index (χ0v) is 10.4. The molecular formula is C14H24O2. The topological polar surface area (TPSA) is 26.3 Å². The van der Waals surface area contributed by atoms with Crippen molar-refractivity contribution in [1.82, 2.24) is 0 Å². The second-order valence-corrected chi connectivity index (χ2v) is 4.82. The molecule has 92 valence electrons. The Hall–Kier alpha value is -0.790. The Balaban J connectivity index is 0.000000187. The maximum Gasteiger partial charge on any atom is 0.329 e. The van der Waals surface area contributed by atoms with E-state index in [9.17, 15) is 4.79 Å². The van der Waals surface area contributed by atoms with Gasteiger partial charge in [-0.2, -0.15) is 0 Å². The lowest BCUT2D eigenvalue weighted by atomic mass is 9.90. The summed E-state index contributed by atoms with van der Waals surface area (Å²) in [6, 6.07) is 0. The predicted octanol–water partition coefficient (Wildman–Crippen LogP) is 3.71. The maximum atomic E-state index is 9.84. The zero-order chi connectivity index (χ0) is 11.8. The molecule has 0 aromatic carbocycles. The van der Waals surface area contributed by atoms with E-state index in [0.717, 1.165) is 17.9 Å². The van der Waals surface area contributed by atoms with Crippen LogP contribution >= 0.6 is 0 Å². The summed E-state index contributed by atoms with van der Waals surface area (Å²) in [6.45, 7) is 3.16. The zero-order valence-electron chi connectivity index (χ0n) is 10.4. The summed E-state index contributed by atoms with van der Waals surface area (Å²) in [5.41, 5.74) is 0. The summed E-state index contributed by atoms with van der Waals surface area (Å²) < 4.78 is 4.14. The smallest absolute Gasteiger partial charge is 0.329 e. The van der Waals surface area contributed by atoms with Gasteiger partial charge in [0.25, 0.3) is 0 Å². The highest BCUT2D eigenvalue weighted by Crippen LogP contribution is 2.39. The van der Waals surface area contributed by atoms with Crippen LogP contribution in [-0.2, 0) is 9.53 Å². The van der Waals surface area contributed by atoms with Gasteiger partial charge in [-0.25, -0.2) is 4.79 Å². The van der Waals surface area contributed by atoms with Crippen LogP contribution in [0.2, 0.25) is 0 Å². The van der Waals surface area contributed by atoms with E-state index in [1.807, 2.05) is 0 Å². The van der Waals surface area contributed by atoms with Crippen LogP contribution in [0.3, 0.4) is 0 Å². The molecule has 0 spiro atoms. The molecule has 2 aliphatic rings. The monoisotopic (exact) mass is 224 g/mol. The highest BCUT2D eigenvalue weighted by atomic mass is 16.5. The Bertz CT molecular complexity index is 197. The Kier molecular flexibility index (Phi) is 6.20. The van der Waals surface area contributed by atoms with Crippen LogP contribution in [0.4, 0.5) is 0 Å². The first-order chi connectivity index (χ1) is 7.77. The molecule has 0 unspecified atom stereocenters. The molecule has 0 heterocycles. The molecule has 0 amide bonds. The second kappa shape index (κ2) is 7.48. The van der Waals surface area contributed by atoms with Crippen LogP contribution in [0, 0.1) is 11.8 Å². The molecule has 0 N–H and O–H groups in total. The molecule has 0 bridgehead atoms. The summed E-state index contributed by atoms with van der Waals surface area (Å²) in [7, 11) is 1.31. The lowest BCUT2D eigenvalue weighted by Gasteiger charge is -2.16. The summed E-state index contributed by atoms with van der Waals surface area (Å²) in [5.74, 6) is 1.92. The quantitative estimate of drug-likeness (QED) is 0.528. The fourth-order valence-corrected chi connectivity index (χ4v) is 2.94. The number of carbonyl (C=O) groups excluding carboxylic acids is 1. The first kappa shape index (κ1) is 13.3. The van der Waals surface area contributed by atoms with Crippen molar-refractivity contribution in [2.75, 3.05) is 7.11 Å². The van der Waals surface area contributed by atoms with Crippen molar-refractivity contribution in [3.05, 3.63) is 12.7 Å². The third kappa shape index (κ3) is 4.38. The van der Waals surface area contributed by atoms with Crippen molar-refractivity contribution in [1.29, 1.82) is 0 Å². The van der Waals surface area contributed by atoms with Crippen LogP contribution in [0.25, 0.3) is 0 Å². The molecule has 0 aromatic rings. The van der Waals surface area contributed by atoms with Gasteiger partial charge in [-0.1, -0.05) is 57.9 Å². The minimum atomic E-state index is -0.394. The van der Waals surface area contributed by atoms with Gasteiger partial charge in [-0.05, 0) is 11.8 Å². The Morgan fingerprint density at radius 2 is 1.44 bits per heavy atom. The third-order valence-electron chi connectivity index (χ3n) is 3.83. The standard InChI is InChI=1S/C10H18.C4H6O2/c1-2-6-9(5-1)10-7-3-4-8-10;1-3-4(5)6-2/h9-10H,1-8H2;3H,1H2,2H3. The summed E-state index contributed by atoms with van der Waals surface area (Å²) in [6.07, 6.45) is 13.5. The average Bonchev–Trinajstić information content (AvgIpc) is 2.99. The number of hydrogen-bond donors (Lipinski definition) is 0. The van der Waals surface area contributed by atoms with Crippen molar-refractivity contribution in [2.45, 2.75) is 51.4 Å². The van der Waals surface area contributed by atoms with Gasteiger partial charge < -0.3 is 4.74 Å². The number of ether oxygens (including phenoxy) is 1. The molecule has 16 heavy (non-hydrogen) atoms. The molecule has 2 heteroatoms.